The number of hydrogen-bond acceptors (Lipinski definition) is 4. The molecule has 100 valence electrons. The lowest BCUT2D eigenvalue weighted by Crippen LogP contribution is -2.03. The normalized spacial score (nSPS) is 10.7. The fourth-order valence-corrected chi connectivity index (χ4v) is 2.35. The molecule has 0 aliphatic rings. The van der Waals surface area contributed by atoms with Crippen LogP contribution in [0.25, 0.3) is 0 Å². The number of hydrogen-bond donors (Lipinski definition) is 0. The summed E-state index contributed by atoms with van der Waals surface area (Å²) in [6, 6.07) is 8.15. The summed E-state index contributed by atoms with van der Waals surface area (Å²) in [4.78, 5) is 16.3. The molecule has 0 unspecified atom stereocenters. The largest absolute Gasteiger partial charge is 0.457 e. The molecule has 0 atom stereocenters. The Bertz CT molecular complexity index is 558. The lowest BCUT2D eigenvalue weighted by molar-refractivity contribution is 0.0478. The van der Waals surface area contributed by atoms with Crippen LogP contribution in [-0.4, -0.2) is 11.0 Å². The second kappa shape index (κ2) is 5.97. The van der Waals surface area contributed by atoms with E-state index in [1.54, 1.807) is 6.20 Å². The predicted molar refractivity (Wildman–Crippen MR) is 76.5 cm³/mol. The van der Waals surface area contributed by atoms with Crippen LogP contribution in [-0.2, 0) is 11.3 Å². The van der Waals surface area contributed by atoms with Crippen molar-refractivity contribution >= 4 is 17.3 Å². The lowest BCUT2D eigenvalue weighted by atomic mass is 10.0. The fourth-order valence-electron chi connectivity index (χ4n) is 1.67. The van der Waals surface area contributed by atoms with Gasteiger partial charge >= 0.3 is 5.97 Å². The lowest BCUT2D eigenvalue weighted by Gasteiger charge is -2.07. The maximum atomic E-state index is 11.8. The molecule has 0 saturated heterocycles. The Morgan fingerprint density at radius 2 is 2.00 bits per heavy atom. The van der Waals surface area contributed by atoms with E-state index in [1.807, 2.05) is 19.1 Å². The summed E-state index contributed by atoms with van der Waals surface area (Å²) in [5.41, 5.74) is 2.28. The van der Waals surface area contributed by atoms with Crippen LogP contribution in [0.4, 0.5) is 0 Å². The Morgan fingerprint density at radius 3 is 2.53 bits per heavy atom. The highest BCUT2D eigenvalue weighted by Crippen LogP contribution is 2.16. The molecule has 0 N–H and O–H groups in total. The average molecular weight is 275 g/mol. The predicted octanol–water partition coefficient (Wildman–Crippen LogP) is 3.93. The first kappa shape index (κ1) is 13.7. The molecule has 19 heavy (non-hydrogen) atoms. The van der Waals surface area contributed by atoms with Gasteiger partial charge in [-0.15, -0.1) is 11.3 Å². The van der Waals surface area contributed by atoms with Gasteiger partial charge in [-0.05, 0) is 24.0 Å². The van der Waals surface area contributed by atoms with E-state index in [2.05, 4.69) is 31.0 Å². The zero-order chi connectivity index (χ0) is 13.8. The molecule has 4 heteroatoms. The van der Waals surface area contributed by atoms with Gasteiger partial charge in [0.05, 0.1) is 11.2 Å². The first-order chi connectivity index (χ1) is 9.06. The van der Waals surface area contributed by atoms with Crippen LogP contribution in [0.5, 0.6) is 0 Å². The average Bonchev–Trinajstić information content (AvgIpc) is 2.83. The summed E-state index contributed by atoms with van der Waals surface area (Å²) in [6.45, 7) is 6.47. The molecular weight excluding hydrogens is 258 g/mol. The molecule has 0 amide bonds. The zero-order valence-corrected chi connectivity index (χ0v) is 12.2. The fraction of sp³-hybridized carbons (Fsp3) is 0.333. The molecule has 0 radical (unpaired) electrons. The maximum Gasteiger partial charge on any atom is 0.350 e. The number of ether oxygens (including phenoxy) is 1. The number of rotatable bonds is 4. The summed E-state index contributed by atoms with van der Waals surface area (Å²) < 4.78 is 5.26. The van der Waals surface area contributed by atoms with Crippen molar-refractivity contribution < 1.29 is 9.53 Å². The maximum absolute atomic E-state index is 11.8. The van der Waals surface area contributed by atoms with E-state index in [0.717, 1.165) is 10.6 Å². The second-order valence-corrected chi connectivity index (χ2v) is 5.95. The Hall–Kier alpha value is -1.68. The van der Waals surface area contributed by atoms with Gasteiger partial charge < -0.3 is 4.74 Å². The van der Waals surface area contributed by atoms with E-state index in [-0.39, 0.29) is 5.97 Å². The molecule has 3 nitrogen and oxygen atoms in total. The summed E-state index contributed by atoms with van der Waals surface area (Å²) in [5, 5.41) is 0.869. The molecule has 1 aromatic heterocycles. The van der Waals surface area contributed by atoms with E-state index in [1.165, 1.54) is 16.9 Å². The number of nitrogens with zero attached hydrogens (tertiary/aromatic N) is 1. The minimum Gasteiger partial charge on any atom is -0.457 e. The number of benzene rings is 1. The monoisotopic (exact) mass is 275 g/mol. The Kier molecular flexibility index (Phi) is 4.32. The highest BCUT2D eigenvalue weighted by atomic mass is 32.1. The van der Waals surface area contributed by atoms with E-state index < -0.39 is 0 Å². The van der Waals surface area contributed by atoms with Crippen LogP contribution < -0.4 is 0 Å². The van der Waals surface area contributed by atoms with Crippen LogP contribution in [0.1, 0.15) is 45.6 Å². The first-order valence-corrected chi connectivity index (χ1v) is 7.06. The standard InChI is InChI=1S/C15H17NO2S/c1-10(2)13-6-4-12(5-7-13)9-18-15(17)14-8-16-11(3)19-14/h4-8,10H,9H2,1-3H3. The van der Waals surface area contributed by atoms with Crippen LogP contribution in [0.2, 0.25) is 0 Å². The first-order valence-electron chi connectivity index (χ1n) is 6.24. The van der Waals surface area contributed by atoms with Gasteiger partial charge in [-0.3, -0.25) is 0 Å². The topological polar surface area (TPSA) is 39.2 Å². The molecule has 0 saturated carbocycles. The van der Waals surface area contributed by atoms with E-state index in [0.29, 0.717) is 17.4 Å². The smallest absolute Gasteiger partial charge is 0.350 e. The third-order valence-electron chi connectivity index (χ3n) is 2.84. The Balaban J connectivity index is 1.93. The minimum atomic E-state index is -0.307. The molecule has 0 aliphatic heterocycles. The molecule has 1 heterocycles. The van der Waals surface area contributed by atoms with Crippen molar-refractivity contribution in [3.05, 3.63) is 51.5 Å². The van der Waals surface area contributed by atoms with E-state index in [9.17, 15) is 4.79 Å². The van der Waals surface area contributed by atoms with Gasteiger partial charge in [0.15, 0.2) is 0 Å². The highest BCUT2D eigenvalue weighted by Gasteiger charge is 2.10. The number of thiazole rings is 1. The number of esters is 1. The van der Waals surface area contributed by atoms with Crippen LogP contribution >= 0.6 is 11.3 Å². The van der Waals surface area contributed by atoms with Gasteiger partial charge in [-0.25, -0.2) is 9.78 Å². The van der Waals surface area contributed by atoms with Crippen molar-refractivity contribution in [3.63, 3.8) is 0 Å². The third kappa shape index (κ3) is 3.64. The van der Waals surface area contributed by atoms with Crippen molar-refractivity contribution in [3.8, 4) is 0 Å². The Labute approximate surface area is 117 Å². The van der Waals surface area contributed by atoms with Gasteiger partial charge in [0.2, 0.25) is 0 Å². The summed E-state index contributed by atoms with van der Waals surface area (Å²) in [7, 11) is 0. The summed E-state index contributed by atoms with van der Waals surface area (Å²) >= 11 is 1.35. The number of aromatic nitrogens is 1. The van der Waals surface area contributed by atoms with Crippen LogP contribution in [0, 0.1) is 6.92 Å². The van der Waals surface area contributed by atoms with Gasteiger partial charge in [0.25, 0.3) is 0 Å². The van der Waals surface area contributed by atoms with Gasteiger partial charge in [-0.2, -0.15) is 0 Å². The zero-order valence-electron chi connectivity index (χ0n) is 11.3. The third-order valence-corrected chi connectivity index (χ3v) is 3.73. The second-order valence-electron chi connectivity index (χ2n) is 4.72. The van der Waals surface area contributed by atoms with Crippen LogP contribution in [0.3, 0.4) is 0 Å². The van der Waals surface area contributed by atoms with Crippen molar-refractivity contribution in [2.75, 3.05) is 0 Å². The van der Waals surface area contributed by atoms with Crippen molar-refractivity contribution in [1.29, 1.82) is 0 Å². The van der Waals surface area contributed by atoms with Gasteiger partial charge in [0, 0.05) is 0 Å². The quantitative estimate of drug-likeness (QED) is 0.794. The van der Waals surface area contributed by atoms with Gasteiger partial charge in [0.1, 0.15) is 11.5 Å². The Morgan fingerprint density at radius 1 is 1.32 bits per heavy atom. The molecular formula is C15H17NO2S. The van der Waals surface area contributed by atoms with Crippen molar-refractivity contribution in [2.45, 2.75) is 33.3 Å². The molecule has 0 bridgehead atoms. The number of carbonyl (C=O) groups is 1. The van der Waals surface area contributed by atoms with Gasteiger partial charge in [-0.1, -0.05) is 38.1 Å². The van der Waals surface area contributed by atoms with Crippen LogP contribution in [0.15, 0.2) is 30.5 Å². The molecule has 2 rings (SSSR count). The highest BCUT2D eigenvalue weighted by molar-refractivity contribution is 7.13. The molecule has 0 spiro atoms. The van der Waals surface area contributed by atoms with E-state index >= 15 is 0 Å². The van der Waals surface area contributed by atoms with Crippen molar-refractivity contribution in [1.82, 2.24) is 4.98 Å². The molecule has 0 fully saturated rings. The molecule has 1 aromatic carbocycles. The SMILES string of the molecule is Cc1ncc(C(=O)OCc2ccc(C(C)C)cc2)s1. The van der Waals surface area contributed by atoms with E-state index in [4.69, 9.17) is 4.74 Å². The number of carbonyl (C=O) groups excluding carboxylic acids is 1. The minimum absolute atomic E-state index is 0.300. The van der Waals surface area contributed by atoms with Crippen molar-refractivity contribution in [2.24, 2.45) is 0 Å². The summed E-state index contributed by atoms with van der Waals surface area (Å²) in [5.74, 6) is 0.204. The molecule has 2 aromatic rings. The molecule has 0 aliphatic carbocycles. The number of aryl methyl sites for hydroxylation is 1. The summed E-state index contributed by atoms with van der Waals surface area (Å²) in [6.07, 6.45) is 1.56.